The Bertz CT molecular complexity index is 139. The van der Waals surface area contributed by atoms with Gasteiger partial charge in [0.15, 0.2) is 12.1 Å². The molecule has 0 amide bonds. The molecule has 1 heterocycles. The number of ketones is 1. The molecule has 0 unspecified atom stereocenters. The zero-order valence-electron chi connectivity index (χ0n) is 5.80. The molecule has 3 heteroatoms. The minimum absolute atomic E-state index is 0.00116. The minimum Gasteiger partial charge on any atom is -0.317 e. The third-order valence-corrected chi connectivity index (χ3v) is 1.86. The van der Waals surface area contributed by atoms with Crippen LogP contribution in [0.1, 0.15) is 12.8 Å². The molecule has 0 bridgehead atoms. The topological polar surface area (TPSA) is 46.2 Å². The van der Waals surface area contributed by atoms with Crippen molar-refractivity contribution in [1.29, 1.82) is 0 Å². The van der Waals surface area contributed by atoms with Gasteiger partial charge < -0.3 is 5.32 Å². The average Bonchev–Trinajstić information content (AvgIpc) is 2.05. The highest BCUT2D eigenvalue weighted by atomic mass is 16.2. The van der Waals surface area contributed by atoms with E-state index in [-0.39, 0.29) is 11.7 Å². The van der Waals surface area contributed by atoms with Crippen LogP contribution < -0.4 is 5.32 Å². The summed E-state index contributed by atoms with van der Waals surface area (Å²) in [4.78, 5) is 20.8. The van der Waals surface area contributed by atoms with Crippen molar-refractivity contribution in [3.05, 3.63) is 0 Å². The van der Waals surface area contributed by atoms with Crippen molar-refractivity contribution in [1.82, 2.24) is 5.32 Å². The molecule has 0 spiro atoms. The van der Waals surface area contributed by atoms with Crippen LogP contribution in [0.3, 0.4) is 0 Å². The van der Waals surface area contributed by atoms with Gasteiger partial charge in [-0.25, -0.2) is 0 Å². The average molecular weight is 141 g/mol. The Kier molecular flexibility index (Phi) is 2.57. The van der Waals surface area contributed by atoms with E-state index in [9.17, 15) is 9.59 Å². The van der Waals surface area contributed by atoms with Crippen molar-refractivity contribution in [3.8, 4) is 0 Å². The largest absolute Gasteiger partial charge is 0.317 e. The Hall–Kier alpha value is -0.700. The second kappa shape index (κ2) is 3.46. The van der Waals surface area contributed by atoms with Gasteiger partial charge in [-0.3, -0.25) is 9.59 Å². The van der Waals surface area contributed by atoms with Gasteiger partial charge in [-0.1, -0.05) is 0 Å². The molecule has 3 nitrogen and oxygen atoms in total. The van der Waals surface area contributed by atoms with Crippen molar-refractivity contribution in [2.75, 3.05) is 13.1 Å². The maximum Gasteiger partial charge on any atom is 0.198 e. The van der Waals surface area contributed by atoms with Crippen LogP contribution in [0.25, 0.3) is 0 Å². The molecule has 0 radical (unpaired) electrons. The first-order chi connectivity index (χ1) is 4.84. The van der Waals surface area contributed by atoms with Crippen LogP contribution in [0.15, 0.2) is 0 Å². The van der Waals surface area contributed by atoms with Crippen LogP contribution >= 0.6 is 0 Å². The summed E-state index contributed by atoms with van der Waals surface area (Å²) >= 11 is 0. The monoisotopic (exact) mass is 141 g/mol. The summed E-state index contributed by atoms with van der Waals surface area (Å²) in [5, 5.41) is 3.13. The van der Waals surface area contributed by atoms with E-state index in [1.807, 2.05) is 0 Å². The molecule has 1 saturated heterocycles. The summed E-state index contributed by atoms with van der Waals surface area (Å²) in [5.41, 5.74) is 0. The molecule has 1 aliphatic heterocycles. The Labute approximate surface area is 59.8 Å². The molecule has 0 aromatic heterocycles. The maximum atomic E-state index is 10.8. The number of hydrogen-bond donors (Lipinski definition) is 1. The first kappa shape index (κ1) is 7.41. The highest BCUT2D eigenvalue weighted by Gasteiger charge is 2.19. The van der Waals surface area contributed by atoms with E-state index in [2.05, 4.69) is 5.32 Å². The zero-order chi connectivity index (χ0) is 7.40. The number of Topliss-reactive ketones (excluding diaryl/α,β-unsaturated/α-hetero) is 1. The zero-order valence-corrected chi connectivity index (χ0v) is 5.80. The van der Waals surface area contributed by atoms with Gasteiger partial charge in [0, 0.05) is 5.92 Å². The predicted octanol–water partition coefficient (Wildman–Crippen LogP) is -0.246. The smallest absolute Gasteiger partial charge is 0.198 e. The summed E-state index contributed by atoms with van der Waals surface area (Å²) in [6, 6.07) is 0. The lowest BCUT2D eigenvalue weighted by atomic mass is 9.94. The molecule has 0 aliphatic carbocycles. The van der Waals surface area contributed by atoms with Crippen molar-refractivity contribution in [2.24, 2.45) is 5.92 Å². The fourth-order valence-corrected chi connectivity index (χ4v) is 1.20. The normalized spacial score (nSPS) is 20.4. The molecule has 1 fully saturated rings. The lowest BCUT2D eigenvalue weighted by molar-refractivity contribution is -0.133. The molecule has 1 N–H and O–H groups in total. The van der Waals surface area contributed by atoms with Gasteiger partial charge in [0.2, 0.25) is 0 Å². The molecule has 56 valence electrons. The predicted molar refractivity (Wildman–Crippen MR) is 36.7 cm³/mol. The second-order valence-electron chi connectivity index (χ2n) is 2.54. The van der Waals surface area contributed by atoms with E-state index in [4.69, 9.17) is 0 Å². The minimum atomic E-state index is -0.235. The molecule has 1 rings (SSSR count). The van der Waals surface area contributed by atoms with E-state index in [0.717, 1.165) is 25.9 Å². The maximum absolute atomic E-state index is 10.8. The van der Waals surface area contributed by atoms with E-state index in [1.54, 1.807) is 0 Å². The molecule has 1 aliphatic rings. The Balaban J connectivity index is 2.38. The third-order valence-electron chi connectivity index (χ3n) is 1.86. The van der Waals surface area contributed by atoms with E-state index in [0.29, 0.717) is 6.29 Å². The first-order valence-electron chi connectivity index (χ1n) is 3.54. The third kappa shape index (κ3) is 1.64. The molecule has 0 aromatic rings. The molecule has 0 saturated carbocycles. The number of nitrogens with one attached hydrogen (secondary N) is 1. The van der Waals surface area contributed by atoms with Crippen molar-refractivity contribution in [2.45, 2.75) is 12.8 Å². The summed E-state index contributed by atoms with van der Waals surface area (Å²) < 4.78 is 0. The van der Waals surface area contributed by atoms with Crippen LogP contribution in [0, 0.1) is 5.92 Å². The van der Waals surface area contributed by atoms with Gasteiger partial charge in [-0.2, -0.15) is 0 Å². The van der Waals surface area contributed by atoms with Crippen LogP contribution in [0.2, 0.25) is 0 Å². The van der Waals surface area contributed by atoms with Gasteiger partial charge in [-0.15, -0.1) is 0 Å². The number of piperidine rings is 1. The Morgan fingerprint density at radius 1 is 1.40 bits per heavy atom. The van der Waals surface area contributed by atoms with Gasteiger partial charge in [0.1, 0.15) is 0 Å². The number of hydrogen-bond acceptors (Lipinski definition) is 3. The Morgan fingerprint density at radius 3 is 2.50 bits per heavy atom. The lowest BCUT2D eigenvalue weighted by Crippen LogP contribution is -2.32. The summed E-state index contributed by atoms with van der Waals surface area (Å²) in [6.45, 7) is 1.73. The van der Waals surface area contributed by atoms with E-state index >= 15 is 0 Å². The van der Waals surface area contributed by atoms with Crippen LogP contribution in [0.4, 0.5) is 0 Å². The van der Waals surface area contributed by atoms with Crippen LogP contribution in [-0.4, -0.2) is 25.2 Å². The standard InChI is InChI=1S/C7H11NO2/c9-5-7(10)6-1-3-8-4-2-6/h5-6,8H,1-4H2. The molecule has 0 atom stereocenters. The lowest BCUT2D eigenvalue weighted by Gasteiger charge is -2.18. The van der Waals surface area contributed by atoms with Gasteiger partial charge in [0.05, 0.1) is 0 Å². The van der Waals surface area contributed by atoms with Gasteiger partial charge in [-0.05, 0) is 25.9 Å². The molecule has 0 aromatic carbocycles. The van der Waals surface area contributed by atoms with Crippen molar-refractivity contribution in [3.63, 3.8) is 0 Å². The van der Waals surface area contributed by atoms with Crippen LogP contribution in [-0.2, 0) is 9.59 Å². The fourth-order valence-electron chi connectivity index (χ4n) is 1.20. The van der Waals surface area contributed by atoms with E-state index < -0.39 is 0 Å². The fraction of sp³-hybridized carbons (Fsp3) is 0.714. The number of carbonyl (C=O) groups is 2. The number of aldehydes is 1. The summed E-state index contributed by atoms with van der Waals surface area (Å²) in [6.07, 6.45) is 2.07. The highest BCUT2D eigenvalue weighted by molar-refractivity contribution is 6.25. The number of carbonyl (C=O) groups excluding carboxylic acids is 2. The van der Waals surface area contributed by atoms with Crippen molar-refractivity contribution >= 4 is 12.1 Å². The van der Waals surface area contributed by atoms with Gasteiger partial charge in [0.25, 0.3) is 0 Å². The summed E-state index contributed by atoms with van der Waals surface area (Å²) in [5.74, 6) is -0.236. The summed E-state index contributed by atoms with van der Waals surface area (Å²) in [7, 11) is 0. The van der Waals surface area contributed by atoms with Crippen molar-refractivity contribution < 1.29 is 9.59 Å². The second-order valence-corrected chi connectivity index (χ2v) is 2.54. The van der Waals surface area contributed by atoms with E-state index in [1.165, 1.54) is 0 Å². The van der Waals surface area contributed by atoms with Crippen LogP contribution in [0.5, 0.6) is 0 Å². The number of rotatable bonds is 2. The van der Waals surface area contributed by atoms with Gasteiger partial charge >= 0.3 is 0 Å². The SMILES string of the molecule is O=CC(=O)C1CCNCC1. The molecular formula is C7H11NO2. The molecule has 10 heavy (non-hydrogen) atoms. The highest BCUT2D eigenvalue weighted by Crippen LogP contribution is 2.10. The molecular weight excluding hydrogens is 130 g/mol. The quantitative estimate of drug-likeness (QED) is 0.426. The Morgan fingerprint density at radius 2 is 2.00 bits per heavy atom. The first-order valence-corrected chi connectivity index (χ1v) is 3.54.